The van der Waals surface area contributed by atoms with Crippen LogP contribution in [0.5, 0.6) is 5.75 Å². The molecule has 0 saturated heterocycles. The Morgan fingerprint density at radius 1 is 1.03 bits per heavy atom. The number of anilines is 2. The molecule has 0 radical (unpaired) electrons. The first kappa shape index (κ1) is 25.5. The van der Waals surface area contributed by atoms with Crippen LogP contribution in [0.3, 0.4) is 0 Å². The summed E-state index contributed by atoms with van der Waals surface area (Å²) in [7, 11) is 1.31. The van der Waals surface area contributed by atoms with Gasteiger partial charge in [-0.1, -0.05) is 13.8 Å². The molecule has 1 amide bonds. The highest BCUT2D eigenvalue weighted by molar-refractivity contribution is 6.04. The topological polar surface area (TPSA) is 95.1 Å². The summed E-state index contributed by atoms with van der Waals surface area (Å²) in [5.41, 5.74) is 4.97. The highest BCUT2D eigenvalue weighted by Crippen LogP contribution is 2.33. The normalized spacial score (nSPS) is 11.4. The second-order valence-corrected chi connectivity index (χ2v) is 6.19. The first-order chi connectivity index (χ1) is 15.3. The molecule has 2 heterocycles. The number of nitrogens with two attached hydrogens (primary N) is 1. The molecule has 7 nitrogen and oxygen atoms in total. The fourth-order valence-corrected chi connectivity index (χ4v) is 2.62. The van der Waals surface area contributed by atoms with Crippen LogP contribution < -0.4 is 15.8 Å². The van der Waals surface area contributed by atoms with E-state index in [1.54, 1.807) is 0 Å². The Bertz CT molecular complexity index is 1110. The number of alkyl halides is 6. The van der Waals surface area contributed by atoms with Gasteiger partial charge in [0.15, 0.2) is 5.69 Å². The first-order valence-corrected chi connectivity index (χ1v) is 9.39. The van der Waals surface area contributed by atoms with E-state index in [0.29, 0.717) is 0 Å². The Hall–Kier alpha value is -3.77. The number of pyridine rings is 1. The van der Waals surface area contributed by atoms with Crippen molar-refractivity contribution in [2.45, 2.75) is 26.4 Å². The zero-order valence-electron chi connectivity index (χ0n) is 17.5. The van der Waals surface area contributed by atoms with E-state index in [4.69, 9.17) is 5.73 Å². The average Bonchev–Trinajstić information content (AvgIpc) is 3.11. The number of amides is 1. The number of halogens is 6. The third-order valence-electron chi connectivity index (χ3n) is 3.96. The lowest BCUT2D eigenvalue weighted by atomic mass is 10.1. The minimum absolute atomic E-state index is 0.0138. The van der Waals surface area contributed by atoms with E-state index in [1.807, 2.05) is 13.8 Å². The Morgan fingerprint density at radius 3 is 2.12 bits per heavy atom. The molecule has 3 rings (SSSR count). The van der Waals surface area contributed by atoms with Crippen molar-refractivity contribution in [3.63, 3.8) is 0 Å². The molecule has 0 atom stereocenters. The van der Waals surface area contributed by atoms with Crippen LogP contribution in [0.2, 0.25) is 0 Å². The SMILES string of the molecule is CC.Cn1nc(C(F)(F)F)cc1-c1ccc(NC(=O)c2ccc(OC(F)(F)F)cc2)nc1N. The number of carbonyl (C=O) groups excluding carboxylic acids is 1. The molecule has 0 bridgehead atoms. The lowest BCUT2D eigenvalue weighted by molar-refractivity contribution is -0.274. The fraction of sp³-hybridized carbons (Fsp3) is 0.250. The van der Waals surface area contributed by atoms with E-state index in [1.165, 1.54) is 19.2 Å². The van der Waals surface area contributed by atoms with E-state index < -0.39 is 29.9 Å². The van der Waals surface area contributed by atoms with E-state index in [9.17, 15) is 31.1 Å². The van der Waals surface area contributed by atoms with Crippen LogP contribution in [-0.2, 0) is 13.2 Å². The number of hydrogen-bond acceptors (Lipinski definition) is 5. The molecular weight excluding hydrogens is 456 g/mol. The minimum atomic E-state index is -4.86. The molecule has 13 heteroatoms. The van der Waals surface area contributed by atoms with Crippen LogP contribution in [0.1, 0.15) is 29.9 Å². The molecule has 2 aromatic heterocycles. The van der Waals surface area contributed by atoms with Crippen molar-refractivity contribution in [3.8, 4) is 17.0 Å². The number of rotatable bonds is 4. The number of nitrogens with zero attached hydrogens (tertiary/aromatic N) is 3. The van der Waals surface area contributed by atoms with Crippen LogP contribution >= 0.6 is 0 Å². The van der Waals surface area contributed by atoms with Gasteiger partial charge in [-0.3, -0.25) is 9.48 Å². The maximum Gasteiger partial charge on any atom is 0.573 e. The van der Waals surface area contributed by atoms with Gasteiger partial charge >= 0.3 is 12.5 Å². The lowest BCUT2D eigenvalue weighted by Gasteiger charge is -2.10. The average molecular weight is 475 g/mol. The number of nitrogen functional groups attached to an aromatic ring is 1. The second-order valence-electron chi connectivity index (χ2n) is 6.19. The number of carbonyl (C=O) groups is 1. The Balaban J connectivity index is 0.00000187. The van der Waals surface area contributed by atoms with Crippen molar-refractivity contribution in [1.29, 1.82) is 0 Å². The van der Waals surface area contributed by atoms with Crippen molar-refractivity contribution >= 4 is 17.5 Å². The van der Waals surface area contributed by atoms with Crippen LogP contribution in [-0.4, -0.2) is 27.0 Å². The summed E-state index contributed by atoms with van der Waals surface area (Å²) in [5, 5.41) is 5.79. The van der Waals surface area contributed by atoms with Gasteiger partial charge in [0.25, 0.3) is 5.91 Å². The number of aromatic nitrogens is 3. The van der Waals surface area contributed by atoms with Gasteiger partial charge in [-0.2, -0.15) is 18.3 Å². The summed E-state index contributed by atoms with van der Waals surface area (Å²) < 4.78 is 79.8. The number of benzene rings is 1. The van der Waals surface area contributed by atoms with E-state index >= 15 is 0 Å². The van der Waals surface area contributed by atoms with Crippen LogP contribution in [0.4, 0.5) is 38.0 Å². The molecule has 3 N–H and O–H groups in total. The van der Waals surface area contributed by atoms with Gasteiger partial charge in [-0.25, -0.2) is 4.98 Å². The van der Waals surface area contributed by atoms with Crippen molar-refractivity contribution in [2.75, 3.05) is 11.1 Å². The fourth-order valence-electron chi connectivity index (χ4n) is 2.62. The molecule has 0 saturated carbocycles. The number of ether oxygens (including phenoxy) is 1. The van der Waals surface area contributed by atoms with Gasteiger partial charge in [-0.15, -0.1) is 13.2 Å². The van der Waals surface area contributed by atoms with Gasteiger partial charge in [-0.05, 0) is 42.5 Å². The smallest absolute Gasteiger partial charge is 0.406 e. The largest absolute Gasteiger partial charge is 0.573 e. The molecule has 0 spiro atoms. The Kier molecular flexibility index (Phi) is 7.57. The number of hydrogen-bond donors (Lipinski definition) is 2. The third kappa shape index (κ3) is 6.60. The van der Waals surface area contributed by atoms with Gasteiger partial charge in [0.1, 0.15) is 17.4 Å². The van der Waals surface area contributed by atoms with Crippen molar-refractivity contribution in [2.24, 2.45) is 7.05 Å². The summed E-state index contributed by atoms with van der Waals surface area (Å²) in [4.78, 5) is 16.2. The molecule has 0 unspecified atom stereocenters. The summed E-state index contributed by atoms with van der Waals surface area (Å²) in [6, 6.07) is 7.64. The second kappa shape index (κ2) is 9.79. The minimum Gasteiger partial charge on any atom is -0.406 e. The summed E-state index contributed by atoms with van der Waals surface area (Å²) in [5.74, 6) is -1.37. The third-order valence-corrected chi connectivity index (χ3v) is 3.96. The maximum absolute atomic E-state index is 12.8. The molecule has 0 aliphatic carbocycles. The summed E-state index contributed by atoms with van der Waals surface area (Å²) >= 11 is 0. The van der Waals surface area contributed by atoms with E-state index in [0.717, 1.165) is 35.0 Å². The zero-order chi connectivity index (χ0) is 25.0. The van der Waals surface area contributed by atoms with Gasteiger partial charge in [0, 0.05) is 18.2 Å². The van der Waals surface area contributed by atoms with Gasteiger partial charge < -0.3 is 15.8 Å². The van der Waals surface area contributed by atoms with Gasteiger partial charge in [0.2, 0.25) is 0 Å². The highest BCUT2D eigenvalue weighted by Gasteiger charge is 2.35. The maximum atomic E-state index is 12.8. The quantitative estimate of drug-likeness (QED) is 0.502. The molecule has 0 aliphatic rings. The van der Waals surface area contributed by atoms with E-state index in [2.05, 4.69) is 20.1 Å². The molecule has 1 aromatic carbocycles. The predicted molar refractivity (Wildman–Crippen MR) is 108 cm³/mol. The Morgan fingerprint density at radius 2 is 1.64 bits per heavy atom. The van der Waals surface area contributed by atoms with Crippen LogP contribution in [0.25, 0.3) is 11.3 Å². The molecule has 178 valence electrons. The molecule has 0 fully saturated rings. The van der Waals surface area contributed by atoms with Gasteiger partial charge in [0.05, 0.1) is 5.69 Å². The number of nitrogens with one attached hydrogen (secondary N) is 1. The lowest BCUT2D eigenvalue weighted by Crippen LogP contribution is -2.17. The zero-order valence-corrected chi connectivity index (χ0v) is 17.5. The standard InChI is InChI=1S/C18H13F6N5O2.C2H6/c1-29-12(8-13(28-29)17(19,20)21)11-6-7-14(26-15(11)25)27-16(30)9-2-4-10(5-3-9)31-18(22,23)24;1-2/h2-8H,1H3,(H3,25,26,27,30);1-2H3. The molecule has 33 heavy (non-hydrogen) atoms. The number of aryl methyl sites for hydroxylation is 1. The van der Waals surface area contributed by atoms with Crippen molar-refractivity contribution in [1.82, 2.24) is 14.8 Å². The Labute approximate surface area is 184 Å². The van der Waals surface area contributed by atoms with Crippen LogP contribution in [0.15, 0.2) is 42.5 Å². The predicted octanol–water partition coefficient (Wildman–Crippen LogP) is 5.26. The van der Waals surface area contributed by atoms with Crippen molar-refractivity contribution < 1.29 is 35.9 Å². The monoisotopic (exact) mass is 475 g/mol. The molecular formula is C20H19F6N5O2. The molecule has 3 aromatic rings. The van der Waals surface area contributed by atoms with E-state index in [-0.39, 0.29) is 28.5 Å². The summed E-state index contributed by atoms with van der Waals surface area (Å²) in [6.45, 7) is 4.00. The van der Waals surface area contributed by atoms with Crippen LogP contribution in [0, 0.1) is 0 Å². The van der Waals surface area contributed by atoms with Crippen molar-refractivity contribution in [3.05, 3.63) is 53.7 Å². The first-order valence-electron chi connectivity index (χ1n) is 9.39. The highest BCUT2D eigenvalue weighted by atomic mass is 19.4. The summed E-state index contributed by atoms with van der Waals surface area (Å²) in [6.07, 6.45) is -9.49. The molecule has 0 aliphatic heterocycles.